The van der Waals surface area contributed by atoms with Gasteiger partial charge in [-0.25, -0.2) is 13.1 Å². The molecule has 0 fully saturated rings. The van der Waals surface area contributed by atoms with Crippen LogP contribution in [0.25, 0.3) is 0 Å². The second-order valence-corrected chi connectivity index (χ2v) is 6.11. The van der Waals surface area contributed by atoms with E-state index in [4.69, 9.17) is 0 Å². The van der Waals surface area contributed by atoms with Crippen molar-refractivity contribution in [3.05, 3.63) is 29.8 Å². The van der Waals surface area contributed by atoms with Crippen LogP contribution in [0.3, 0.4) is 0 Å². The molecule has 0 unspecified atom stereocenters. The van der Waals surface area contributed by atoms with Gasteiger partial charge in [0.15, 0.2) is 0 Å². The van der Waals surface area contributed by atoms with Crippen LogP contribution in [0.2, 0.25) is 0 Å². The van der Waals surface area contributed by atoms with Crippen molar-refractivity contribution in [2.45, 2.75) is 13.8 Å². The fourth-order valence-corrected chi connectivity index (χ4v) is 2.59. The summed E-state index contributed by atoms with van der Waals surface area (Å²) in [5, 5.41) is 5.72. The lowest BCUT2D eigenvalue weighted by Crippen LogP contribution is -2.34. The Hall–Kier alpha value is -1.60. The van der Waals surface area contributed by atoms with Crippen molar-refractivity contribution in [2.24, 2.45) is 0 Å². The van der Waals surface area contributed by atoms with Gasteiger partial charge >= 0.3 is 0 Å². The third-order valence-corrected chi connectivity index (χ3v) is 4.02. The number of benzene rings is 1. The summed E-state index contributed by atoms with van der Waals surface area (Å²) in [6, 6.07) is 7.03. The van der Waals surface area contributed by atoms with Gasteiger partial charge in [-0.3, -0.25) is 4.79 Å². The van der Waals surface area contributed by atoms with Crippen molar-refractivity contribution < 1.29 is 13.2 Å². The third-order valence-electron chi connectivity index (χ3n) is 2.55. The van der Waals surface area contributed by atoms with E-state index in [1.807, 2.05) is 19.1 Å². The number of carbonyl (C=O) groups excluding carboxylic acids is 1. The first-order valence-electron chi connectivity index (χ1n) is 6.58. The predicted octanol–water partition coefficient (Wildman–Crippen LogP) is 0.788. The Morgan fingerprint density at radius 1 is 1.10 bits per heavy atom. The lowest BCUT2D eigenvalue weighted by molar-refractivity contribution is 0.0956. The van der Waals surface area contributed by atoms with E-state index in [2.05, 4.69) is 15.4 Å². The maximum absolute atomic E-state index is 11.8. The number of sulfonamides is 1. The predicted molar refractivity (Wildman–Crippen MR) is 80.4 cm³/mol. The zero-order valence-electron chi connectivity index (χ0n) is 11.8. The average molecular weight is 299 g/mol. The molecule has 0 atom stereocenters. The molecule has 1 aromatic carbocycles. The molecule has 112 valence electrons. The molecule has 0 saturated carbocycles. The first kappa shape index (κ1) is 16.5. The molecule has 0 radical (unpaired) electrons. The second-order valence-electron chi connectivity index (χ2n) is 4.18. The van der Waals surface area contributed by atoms with Crippen molar-refractivity contribution >= 4 is 21.6 Å². The van der Waals surface area contributed by atoms with Crippen LogP contribution >= 0.6 is 0 Å². The maximum Gasteiger partial charge on any atom is 0.251 e. The molecule has 0 aromatic heterocycles. The van der Waals surface area contributed by atoms with Crippen molar-refractivity contribution in [3.63, 3.8) is 0 Å². The molecule has 0 heterocycles. The molecule has 0 aliphatic heterocycles. The Kier molecular flexibility index (Phi) is 6.47. The van der Waals surface area contributed by atoms with Gasteiger partial charge in [0.05, 0.1) is 5.75 Å². The van der Waals surface area contributed by atoms with Crippen LogP contribution < -0.4 is 15.4 Å². The number of nitrogens with one attached hydrogen (secondary N) is 3. The molecule has 0 bridgehead atoms. The number of carbonyl (C=O) groups is 1. The molecular formula is C13H21N3O3S. The summed E-state index contributed by atoms with van der Waals surface area (Å²) in [4.78, 5) is 11.8. The Morgan fingerprint density at radius 3 is 2.30 bits per heavy atom. The monoisotopic (exact) mass is 299 g/mol. The molecule has 0 aliphatic carbocycles. The van der Waals surface area contributed by atoms with Crippen LogP contribution in [0.1, 0.15) is 24.2 Å². The van der Waals surface area contributed by atoms with Crippen molar-refractivity contribution in [1.82, 2.24) is 10.0 Å². The van der Waals surface area contributed by atoms with Gasteiger partial charge < -0.3 is 10.6 Å². The van der Waals surface area contributed by atoms with Crippen molar-refractivity contribution in [1.29, 1.82) is 0 Å². The van der Waals surface area contributed by atoms with E-state index in [1.54, 1.807) is 19.1 Å². The fraction of sp³-hybridized carbons (Fsp3) is 0.462. The molecule has 20 heavy (non-hydrogen) atoms. The van der Waals surface area contributed by atoms with E-state index < -0.39 is 10.0 Å². The van der Waals surface area contributed by atoms with Crippen molar-refractivity contribution in [3.8, 4) is 0 Å². The Bertz CT molecular complexity index is 526. The Labute approximate surface area is 120 Å². The van der Waals surface area contributed by atoms with Crippen LogP contribution in [0.15, 0.2) is 24.3 Å². The van der Waals surface area contributed by atoms with E-state index in [0.717, 1.165) is 12.2 Å². The summed E-state index contributed by atoms with van der Waals surface area (Å²) in [6.07, 6.45) is 0. The van der Waals surface area contributed by atoms with Gasteiger partial charge in [0.2, 0.25) is 10.0 Å². The molecular weight excluding hydrogens is 278 g/mol. The summed E-state index contributed by atoms with van der Waals surface area (Å²) in [7, 11) is -3.30. The topological polar surface area (TPSA) is 87.3 Å². The highest BCUT2D eigenvalue weighted by Gasteiger charge is 2.10. The minimum atomic E-state index is -3.30. The number of rotatable bonds is 8. The second kappa shape index (κ2) is 7.86. The van der Waals surface area contributed by atoms with Gasteiger partial charge in [-0.15, -0.1) is 0 Å². The lowest BCUT2D eigenvalue weighted by Gasteiger charge is -2.07. The highest BCUT2D eigenvalue weighted by Crippen LogP contribution is 2.08. The van der Waals surface area contributed by atoms with Gasteiger partial charge in [0.25, 0.3) is 5.91 Å². The summed E-state index contributed by atoms with van der Waals surface area (Å²) in [6.45, 7) is 4.95. The Morgan fingerprint density at radius 2 is 1.75 bits per heavy atom. The SMILES string of the molecule is CCNc1ccc(C(=O)NCCS(=O)(=O)NCC)cc1. The van der Waals surface area contributed by atoms with Gasteiger partial charge in [0.1, 0.15) is 0 Å². The average Bonchev–Trinajstić information content (AvgIpc) is 2.39. The molecule has 6 nitrogen and oxygen atoms in total. The van der Waals surface area contributed by atoms with E-state index in [-0.39, 0.29) is 18.2 Å². The van der Waals surface area contributed by atoms with Crippen LogP contribution in [-0.4, -0.2) is 39.7 Å². The molecule has 0 saturated heterocycles. The van der Waals surface area contributed by atoms with E-state index >= 15 is 0 Å². The standard InChI is InChI=1S/C13H21N3O3S/c1-3-14-12-7-5-11(6-8-12)13(17)15-9-10-20(18,19)16-4-2/h5-8,14,16H,3-4,9-10H2,1-2H3,(H,15,17). The van der Waals surface area contributed by atoms with Gasteiger partial charge in [-0.05, 0) is 31.2 Å². The van der Waals surface area contributed by atoms with Crippen LogP contribution in [0, 0.1) is 0 Å². The van der Waals surface area contributed by atoms with Crippen LogP contribution in [0.5, 0.6) is 0 Å². The van der Waals surface area contributed by atoms with E-state index in [1.165, 1.54) is 0 Å². The van der Waals surface area contributed by atoms with Gasteiger partial charge in [0, 0.05) is 30.9 Å². The molecule has 1 aromatic rings. The van der Waals surface area contributed by atoms with Gasteiger partial charge in [-0.2, -0.15) is 0 Å². The fourth-order valence-electron chi connectivity index (χ4n) is 1.64. The molecule has 7 heteroatoms. The number of anilines is 1. The minimum absolute atomic E-state index is 0.0864. The van der Waals surface area contributed by atoms with Crippen molar-refractivity contribution in [2.75, 3.05) is 30.7 Å². The van der Waals surface area contributed by atoms with E-state index in [9.17, 15) is 13.2 Å². The summed E-state index contributed by atoms with van der Waals surface area (Å²) >= 11 is 0. The Balaban J connectivity index is 2.47. The maximum atomic E-state index is 11.8. The highest BCUT2D eigenvalue weighted by molar-refractivity contribution is 7.89. The molecule has 3 N–H and O–H groups in total. The first-order chi connectivity index (χ1) is 9.48. The summed E-state index contributed by atoms with van der Waals surface area (Å²) in [5.41, 5.74) is 1.45. The van der Waals surface area contributed by atoms with E-state index in [0.29, 0.717) is 12.1 Å². The molecule has 0 spiro atoms. The minimum Gasteiger partial charge on any atom is -0.385 e. The quantitative estimate of drug-likeness (QED) is 0.662. The van der Waals surface area contributed by atoms with Gasteiger partial charge in [-0.1, -0.05) is 6.92 Å². The molecule has 0 aliphatic rings. The highest BCUT2D eigenvalue weighted by atomic mass is 32.2. The smallest absolute Gasteiger partial charge is 0.251 e. The number of hydrogen-bond donors (Lipinski definition) is 3. The van der Waals surface area contributed by atoms with Crippen LogP contribution in [-0.2, 0) is 10.0 Å². The summed E-state index contributed by atoms with van der Waals surface area (Å²) < 4.78 is 25.2. The largest absolute Gasteiger partial charge is 0.385 e. The molecule has 1 amide bonds. The third kappa shape index (κ3) is 5.58. The first-order valence-corrected chi connectivity index (χ1v) is 8.23. The zero-order valence-corrected chi connectivity index (χ0v) is 12.6. The zero-order chi connectivity index (χ0) is 15.0. The number of amides is 1. The van der Waals surface area contributed by atoms with Crippen LogP contribution in [0.4, 0.5) is 5.69 Å². The number of hydrogen-bond acceptors (Lipinski definition) is 4. The normalized spacial score (nSPS) is 11.1. The summed E-state index contributed by atoms with van der Waals surface area (Å²) in [5.74, 6) is -0.401. The molecule has 1 rings (SSSR count). The lowest BCUT2D eigenvalue weighted by atomic mass is 10.2.